The summed E-state index contributed by atoms with van der Waals surface area (Å²) in [6.07, 6.45) is 12.6. The lowest BCUT2D eigenvalue weighted by Gasteiger charge is -2.42. The molecule has 1 N–H and O–H groups in total. The smallest absolute Gasteiger partial charge is 0.328 e. The number of carboxylic acids is 1. The standard InChI is InChI=1S/C23H40N2O5S/c1-17(16-31)22(28)25(15-21(26)27)20(23(29)30-2)13-14-24(18-9-5-3-6-10-18)19-11-7-4-8-12-19/h17-20,31H,3-16H2,1-2H3,(H,26,27)/t17-,20-/m1/s1. The van der Waals surface area contributed by atoms with E-state index in [9.17, 15) is 19.5 Å². The maximum atomic E-state index is 12.9. The zero-order valence-corrected chi connectivity index (χ0v) is 20.0. The van der Waals surface area contributed by atoms with Gasteiger partial charge in [0.25, 0.3) is 0 Å². The Balaban J connectivity index is 2.20. The van der Waals surface area contributed by atoms with Crippen LogP contribution in [0.4, 0.5) is 0 Å². The molecular weight excluding hydrogens is 416 g/mol. The Kier molecular flexibility index (Phi) is 11.2. The van der Waals surface area contributed by atoms with Crippen LogP contribution in [0.15, 0.2) is 0 Å². The van der Waals surface area contributed by atoms with E-state index >= 15 is 0 Å². The molecule has 8 heteroatoms. The van der Waals surface area contributed by atoms with Crippen LogP contribution >= 0.6 is 12.6 Å². The van der Waals surface area contributed by atoms with E-state index < -0.39 is 30.4 Å². The topological polar surface area (TPSA) is 87.2 Å². The third-order valence-electron chi connectivity index (χ3n) is 6.88. The van der Waals surface area contributed by atoms with Crippen molar-refractivity contribution in [3.8, 4) is 0 Å². The van der Waals surface area contributed by atoms with Crippen LogP contribution in [0.25, 0.3) is 0 Å². The third-order valence-corrected chi connectivity index (χ3v) is 7.43. The molecular formula is C23H40N2O5S. The average Bonchev–Trinajstić information content (AvgIpc) is 2.80. The molecule has 178 valence electrons. The minimum absolute atomic E-state index is 0.291. The fourth-order valence-corrected chi connectivity index (χ4v) is 5.30. The third kappa shape index (κ3) is 7.67. The number of rotatable bonds is 11. The van der Waals surface area contributed by atoms with E-state index in [1.807, 2.05) is 0 Å². The summed E-state index contributed by atoms with van der Waals surface area (Å²) >= 11 is 4.19. The van der Waals surface area contributed by atoms with Gasteiger partial charge in [-0.2, -0.15) is 12.6 Å². The number of carboxylic acid groups (broad SMARTS) is 1. The second-order valence-electron chi connectivity index (χ2n) is 9.09. The van der Waals surface area contributed by atoms with Crippen LogP contribution in [-0.2, 0) is 19.1 Å². The molecule has 0 bridgehead atoms. The van der Waals surface area contributed by atoms with Crippen molar-refractivity contribution in [3.05, 3.63) is 0 Å². The number of carbonyl (C=O) groups excluding carboxylic acids is 2. The minimum atomic E-state index is -1.13. The summed E-state index contributed by atoms with van der Waals surface area (Å²) in [5.74, 6) is -2.23. The lowest BCUT2D eigenvalue weighted by atomic mass is 9.88. The van der Waals surface area contributed by atoms with Crippen molar-refractivity contribution in [2.45, 2.75) is 95.7 Å². The molecule has 7 nitrogen and oxygen atoms in total. The summed E-state index contributed by atoms with van der Waals surface area (Å²) in [5, 5.41) is 9.40. The quantitative estimate of drug-likeness (QED) is 0.366. The van der Waals surface area contributed by atoms with Gasteiger partial charge < -0.3 is 14.7 Å². The van der Waals surface area contributed by atoms with Gasteiger partial charge in [-0.05, 0) is 32.1 Å². The van der Waals surface area contributed by atoms with Crippen molar-refractivity contribution in [1.82, 2.24) is 9.80 Å². The molecule has 0 unspecified atom stereocenters. The van der Waals surface area contributed by atoms with E-state index in [1.54, 1.807) is 6.92 Å². The number of esters is 1. The van der Waals surface area contributed by atoms with E-state index in [0.717, 1.165) is 0 Å². The van der Waals surface area contributed by atoms with Gasteiger partial charge in [0, 0.05) is 30.3 Å². The highest BCUT2D eigenvalue weighted by atomic mass is 32.1. The molecule has 2 aliphatic carbocycles. The number of ether oxygens (including phenoxy) is 1. The molecule has 0 aliphatic heterocycles. The maximum absolute atomic E-state index is 12.9. The van der Waals surface area contributed by atoms with Crippen molar-refractivity contribution in [1.29, 1.82) is 0 Å². The second-order valence-corrected chi connectivity index (χ2v) is 9.46. The Labute approximate surface area is 192 Å². The number of carbonyl (C=O) groups is 3. The highest BCUT2D eigenvalue weighted by Crippen LogP contribution is 2.30. The molecule has 0 heterocycles. The summed E-state index contributed by atoms with van der Waals surface area (Å²) in [6.45, 7) is 1.87. The van der Waals surface area contributed by atoms with E-state index in [-0.39, 0.29) is 5.91 Å². The normalized spacial score (nSPS) is 20.3. The van der Waals surface area contributed by atoms with Crippen LogP contribution in [0.5, 0.6) is 0 Å². The number of thiol groups is 1. The van der Waals surface area contributed by atoms with Gasteiger partial charge in [-0.15, -0.1) is 0 Å². The predicted octanol–water partition coefficient (Wildman–Crippen LogP) is 3.36. The molecule has 0 saturated heterocycles. The van der Waals surface area contributed by atoms with E-state index in [0.29, 0.717) is 30.8 Å². The lowest BCUT2D eigenvalue weighted by molar-refractivity contribution is -0.158. The van der Waals surface area contributed by atoms with Crippen molar-refractivity contribution in [3.63, 3.8) is 0 Å². The molecule has 2 rings (SSSR count). The Morgan fingerprint density at radius 3 is 1.94 bits per heavy atom. The first-order valence-electron chi connectivity index (χ1n) is 11.9. The highest BCUT2D eigenvalue weighted by molar-refractivity contribution is 7.80. The van der Waals surface area contributed by atoms with Gasteiger partial charge in [0.2, 0.25) is 5.91 Å². The maximum Gasteiger partial charge on any atom is 0.328 e. The fourth-order valence-electron chi connectivity index (χ4n) is 5.15. The summed E-state index contributed by atoms with van der Waals surface area (Å²) in [6, 6.07) is 0.121. The molecule has 0 aromatic rings. The number of aliphatic carboxylic acids is 1. The number of nitrogens with zero attached hydrogens (tertiary/aromatic N) is 2. The van der Waals surface area contributed by atoms with E-state index in [4.69, 9.17) is 4.74 Å². The Bertz CT molecular complexity index is 573. The molecule has 0 aromatic heterocycles. The van der Waals surface area contributed by atoms with Gasteiger partial charge in [-0.3, -0.25) is 14.5 Å². The molecule has 1 amide bonds. The summed E-state index contributed by atoms with van der Waals surface area (Å²) in [4.78, 5) is 40.8. The highest BCUT2D eigenvalue weighted by Gasteiger charge is 2.36. The van der Waals surface area contributed by atoms with Gasteiger partial charge in [-0.25, -0.2) is 4.79 Å². The van der Waals surface area contributed by atoms with Crippen LogP contribution in [0.1, 0.15) is 77.6 Å². The minimum Gasteiger partial charge on any atom is -0.480 e. The van der Waals surface area contributed by atoms with Gasteiger partial charge in [-0.1, -0.05) is 45.4 Å². The number of amides is 1. The molecule has 0 radical (unpaired) electrons. The predicted molar refractivity (Wildman–Crippen MR) is 123 cm³/mol. The first-order valence-corrected chi connectivity index (χ1v) is 12.5. The van der Waals surface area contributed by atoms with Crippen molar-refractivity contribution >= 4 is 30.5 Å². The first kappa shape index (κ1) is 26.0. The summed E-state index contributed by atoms with van der Waals surface area (Å²) in [5.41, 5.74) is 0. The number of hydrogen-bond donors (Lipinski definition) is 2. The van der Waals surface area contributed by atoms with E-state index in [2.05, 4.69) is 17.5 Å². The molecule has 0 spiro atoms. The Hall–Kier alpha value is -1.28. The van der Waals surface area contributed by atoms with Crippen molar-refractivity contribution in [2.75, 3.05) is 26.0 Å². The van der Waals surface area contributed by atoms with Crippen LogP contribution in [-0.4, -0.2) is 76.8 Å². The van der Waals surface area contributed by atoms with Gasteiger partial charge >= 0.3 is 11.9 Å². The Morgan fingerprint density at radius 1 is 1.00 bits per heavy atom. The second kappa shape index (κ2) is 13.3. The zero-order valence-electron chi connectivity index (χ0n) is 19.1. The van der Waals surface area contributed by atoms with Gasteiger partial charge in [0.15, 0.2) is 0 Å². The molecule has 31 heavy (non-hydrogen) atoms. The van der Waals surface area contributed by atoms with Crippen molar-refractivity contribution < 1.29 is 24.2 Å². The largest absolute Gasteiger partial charge is 0.480 e. The summed E-state index contributed by atoms with van der Waals surface area (Å²) in [7, 11) is 1.29. The number of methoxy groups -OCH3 is 1. The molecule has 2 fully saturated rings. The monoisotopic (exact) mass is 456 g/mol. The van der Waals surface area contributed by atoms with Crippen LogP contribution in [0.3, 0.4) is 0 Å². The van der Waals surface area contributed by atoms with E-state index in [1.165, 1.54) is 76.2 Å². The van der Waals surface area contributed by atoms with Crippen LogP contribution in [0.2, 0.25) is 0 Å². The average molecular weight is 457 g/mol. The van der Waals surface area contributed by atoms with Gasteiger partial charge in [0.1, 0.15) is 12.6 Å². The Morgan fingerprint density at radius 2 is 1.52 bits per heavy atom. The first-order chi connectivity index (χ1) is 14.9. The molecule has 2 saturated carbocycles. The number of hydrogen-bond acceptors (Lipinski definition) is 6. The SMILES string of the molecule is COC(=O)[C@@H](CCN(C1CCCCC1)C1CCCCC1)N(CC(=O)O)C(=O)[C@H](C)CS. The van der Waals surface area contributed by atoms with Crippen LogP contribution < -0.4 is 0 Å². The fraction of sp³-hybridized carbons (Fsp3) is 0.870. The van der Waals surface area contributed by atoms with Gasteiger partial charge in [0.05, 0.1) is 7.11 Å². The molecule has 2 atom stereocenters. The lowest BCUT2D eigenvalue weighted by Crippen LogP contribution is -2.53. The molecule has 2 aliphatic rings. The molecule has 0 aromatic carbocycles. The van der Waals surface area contributed by atoms with Crippen LogP contribution in [0, 0.1) is 5.92 Å². The zero-order chi connectivity index (χ0) is 22.8. The summed E-state index contributed by atoms with van der Waals surface area (Å²) < 4.78 is 5.00. The van der Waals surface area contributed by atoms with Crippen molar-refractivity contribution in [2.24, 2.45) is 5.92 Å².